The maximum Gasteiger partial charge on any atom is 0.313 e. The Morgan fingerprint density at radius 1 is 1.18 bits per heavy atom. The van der Waals surface area contributed by atoms with E-state index >= 15 is 0 Å². The van der Waals surface area contributed by atoms with Crippen molar-refractivity contribution in [3.8, 4) is 0 Å². The Hall–Kier alpha value is -1.57. The van der Waals surface area contributed by atoms with Crippen LogP contribution >= 0.6 is 0 Å². The largest absolute Gasteiger partial charge is 0.462 e. The highest BCUT2D eigenvalue weighted by molar-refractivity contribution is 5.77. The third-order valence-corrected chi connectivity index (χ3v) is 4.00. The molecule has 0 aliphatic rings. The van der Waals surface area contributed by atoms with Gasteiger partial charge in [-0.2, -0.15) is 0 Å². The molecule has 0 aromatic heterocycles. The molecule has 2 atom stereocenters. The molecule has 0 spiro atoms. The van der Waals surface area contributed by atoms with Crippen LogP contribution in [-0.2, 0) is 9.53 Å². The normalized spacial score (nSPS) is 13.4. The minimum atomic E-state index is -0.214. The monoisotopic (exact) mass is 302 g/mol. The summed E-state index contributed by atoms with van der Waals surface area (Å²) in [5.74, 6) is -0.347. The Bertz CT molecular complexity index is 425. The number of esters is 1. The molecule has 1 aromatic carbocycles. The molecule has 2 nitrogen and oxygen atoms in total. The van der Waals surface area contributed by atoms with E-state index < -0.39 is 0 Å². The fraction of sp³-hybridized carbons (Fsp3) is 0.550. The molecule has 2 heteroatoms. The second kappa shape index (κ2) is 11.1. The molecular weight excluding hydrogens is 272 g/mol. The van der Waals surface area contributed by atoms with Crippen LogP contribution in [0.2, 0.25) is 0 Å². The van der Waals surface area contributed by atoms with E-state index in [-0.39, 0.29) is 18.0 Å². The molecule has 0 unspecified atom stereocenters. The first-order valence-electron chi connectivity index (χ1n) is 8.55. The lowest BCUT2D eigenvalue weighted by Crippen LogP contribution is -2.21. The Kier molecular flexibility index (Phi) is 9.29. The maximum absolute atomic E-state index is 12.3. The third kappa shape index (κ3) is 6.93. The summed E-state index contributed by atoms with van der Waals surface area (Å²) >= 11 is 0. The third-order valence-electron chi connectivity index (χ3n) is 4.00. The van der Waals surface area contributed by atoms with Gasteiger partial charge >= 0.3 is 5.97 Å². The zero-order chi connectivity index (χ0) is 16.2. The zero-order valence-corrected chi connectivity index (χ0v) is 14.1. The van der Waals surface area contributed by atoms with Gasteiger partial charge in [-0.15, -0.1) is 6.58 Å². The average Bonchev–Trinajstić information content (AvgIpc) is 2.54. The number of carbonyl (C=O) groups is 1. The van der Waals surface area contributed by atoms with Crippen LogP contribution in [-0.4, -0.2) is 12.1 Å². The van der Waals surface area contributed by atoms with E-state index in [4.69, 9.17) is 4.74 Å². The molecule has 122 valence electrons. The lowest BCUT2D eigenvalue weighted by Gasteiger charge is -2.19. The van der Waals surface area contributed by atoms with E-state index in [0.717, 1.165) is 24.8 Å². The molecule has 0 fully saturated rings. The van der Waals surface area contributed by atoms with Gasteiger partial charge in [-0.05, 0) is 25.3 Å². The van der Waals surface area contributed by atoms with Crippen LogP contribution in [0.15, 0.2) is 43.0 Å². The van der Waals surface area contributed by atoms with Crippen LogP contribution < -0.4 is 0 Å². The molecule has 0 amide bonds. The molecule has 0 saturated heterocycles. The molecule has 1 aromatic rings. The van der Waals surface area contributed by atoms with Crippen LogP contribution in [0.5, 0.6) is 0 Å². The molecule has 22 heavy (non-hydrogen) atoms. The summed E-state index contributed by atoms with van der Waals surface area (Å²) in [6.45, 7) is 7.90. The number of ether oxygens (including phenoxy) is 1. The van der Waals surface area contributed by atoms with E-state index in [1.165, 1.54) is 25.7 Å². The number of hydrogen-bond donors (Lipinski definition) is 0. The second-order valence-corrected chi connectivity index (χ2v) is 5.92. The van der Waals surface area contributed by atoms with E-state index in [0.29, 0.717) is 0 Å². The van der Waals surface area contributed by atoms with Crippen molar-refractivity contribution in [3.63, 3.8) is 0 Å². The highest BCUT2D eigenvalue weighted by Crippen LogP contribution is 2.20. The van der Waals surface area contributed by atoms with Crippen LogP contribution in [0.4, 0.5) is 0 Å². The molecule has 0 aliphatic carbocycles. The summed E-state index contributed by atoms with van der Waals surface area (Å²) in [5, 5.41) is 0. The Morgan fingerprint density at radius 2 is 1.86 bits per heavy atom. The molecule has 0 aliphatic heterocycles. The van der Waals surface area contributed by atoms with E-state index in [1.54, 1.807) is 0 Å². The quantitative estimate of drug-likeness (QED) is 0.300. The summed E-state index contributed by atoms with van der Waals surface area (Å²) < 4.78 is 5.70. The topological polar surface area (TPSA) is 26.3 Å². The van der Waals surface area contributed by atoms with Crippen molar-refractivity contribution in [3.05, 3.63) is 48.6 Å². The van der Waals surface area contributed by atoms with E-state index in [9.17, 15) is 4.79 Å². The smallest absolute Gasteiger partial charge is 0.313 e. The van der Waals surface area contributed by atoms with Gasteiger partial charge in [-0.25, -0.2) is 0 Å². The number of unbranched alkanes of at least 4 members (excludes halogenated alkanes) is 4. The van der Waals surface area contributed by atoms with Gasteiger partial charge in [0.1, 0.15) is 6.10 Å². The highest BCUT2D eigenvalue weighted by Gasteiger charge is 2.20. The van der Waals surface area contributed by atoms with Gasteiger partial charge in [-0.3, -0.25) is 4.79 Å². The molecule has 0 heterocycles. The molecule has 0 bridgehead atoms. The van der Waals surface area contributed by atoms with Gasteiger partial charge < -0.3 is 4.74 Å². The van der Waals surface area contributed by atoms with Crippen molar-refractivity contribution in [2.45, 2.75) is 70.8 Å². The van der Waals surface area contributed by atoms with Gasteiger partial charge in [0.15, 0.2) is 0 Å². The maximum atomic E-state index is 12.3. The number of benzene rings is 1. The lowest BCUT2D eigenvalue weighted by atomic mass is 10.0. The van der Waals surface area contributed by atoms with Crippen molar-refractivity contribution in [1.29, 1.82) is 0 Å². The first-order valence-corrected chi connectivity index (χ1v) is 8.55. The van der Waals surface area contributed by atoms with Crippen LogP contribution in [0.1, 0.15) is 70.3 Å². The van der Waals surface area contributed by atoms with Crippen molar-refractivity contribution < 1.29 is 9.53 Å². The summed E-state index contributed by atoms with van der Waals surface area (Å²) in [6.07, 6.45) is 9.63. The van der Waals surface area contributed by atoms with Crippen molar-refractivity contribution in [2.24, 2.45) is 0 Å². The molecule has 0 radical (unpaired) electrons. The predicted molar refractivity (Wildman–Crippen MR) is 92.9 cm³/mol. The SMILES string of the molecule is C=CC[C@@H](CCCCCCC)OC(=O)[C@@H](C)c1ccccc1. The van der Waals surface area contributed by atoms with Gasteiger partial charge in [0, 0.05) is 6.42 Å². The first kappa shape index (κ1) is 18.5. The predicted octanol–water partition coefficient (Wildman–Crippen LogP) is 5.64. The fourth-order valence-corrected chi connectivity index (χ4v) is 2.53. The minimum absolute atomic E-state index is 0.0298. The molecule has 1 rings (SSSR count). The second-order valence-electron chi connectivity index (χ2n) is 5.92. The number of carbonyl (C=O) groups excluding carboxylic acids is 1. The van der Waals surface area contributed by atoms with Crippen molar-refractivity contribution in [1.82, 2.24) is 0 Å². The average molecular weight is 302 g/mol. The van der Waals surface area contributed by atoms with E-state index in [2.05, 4.69) is 13.5 Å². The Labute approximate surface area is 135 Å². The van der Waals surface area contributed by atoms with Crippen LogP contribution in [0.25, 0.3) is 0 Å². The minimum Gasteiger partial charge on any atom is -0.462 e. The number of hydrogen-bond acceptors (Lipinski definition) is 2. The van der Waals surface area contributed by atoms with E-state index in [1.807, 2.05) is 43.3 Å². The summed E-state index contributed by atoms with van der Waals surface area (Å²) in [7, 11) is 0. The Morgan fingerprint density at radius 3 is 2.50 bits per heavy atom. The number of rotatable bonds is 11. The van der Waals surface area contributed by atoms with Gasteiger partial charge in [0.2, 0.25) is 0 Å². The molecular formula is C20H30O2. The first-order chi connectivity index (χ1) is 10.7. The van der Waals surface area contributed by atoms with Crippen molar-refractivity contribution in [2.75, 3.05) is 0 Å². The zero-order valence-electron chi connectivity index (χ0n) is 14.1. The van der Waals surface area contributed by atoms with Gasteiger partial charge in [0.05, 0.1) is 5.92 Å². The molecule has 0 N–H and O–H groups in total. The fourth-order valence-electron chi connectivity index (χ4n) is 2.53. The van der Waals surface area contributed by atoms with Crippen LogP contribution in [0, 0.1) is 0 Å². The van der Waals surface area contributed by atoms with Gasteiger partial charge in [-0.1, -0.05) is 69.0 Å². The van der Waals surface area contributed by atoms with Crippen molar-refractivity contribution >= 4 is 5.97 Å². The Balaban J connectivity index is 2.44. The lowest BCUT2D eigenvalue weighted by molar-refractivity contribution is -0.150. The standard InChI is InChI=1S/C20H30O2/c1-4-6-7-8-12-16-19(13-5-2)22-20(21)17(3)18-14-10-9-11-15-18/h5,9-11,14-15,17,19H,2,4,6-8,12-13,16H2,1,3H3/t17-,19-/m0/s1. The summed E-state index contributed by atoms with van der Waals surface area (Å²) in [5.41, 5.74) is 1.01. The van der Waals surface area contributed by atoms with Gasteiger partial charge in [0.25, 0.3) is 0 Å². The van der Waals surface area contributed by atoms with Crippen LogP contribution in [0.3, 0.4) is 0 Å². The summed E-state index contributed by atoms with van der Waals surface area (Å²) in [6, 6.07) is 9.80. The highest BCUT2D eigenvalue weighted by atomic mass is 16.5. The molecule has 0 saturated carbocycles. The summed E-state index contributed by atoms with van der Waals surface area (Å²) in [4.78, 5) is 12.3.